The zero-order valence-electron chi connectivity index (χ0n) is 14.7. The molecule has 3 rings (SSSR count). The topological polar surface area (TPSA) is 87.2 Å². The molecule has 1 N–H and O–H groups in total. The highest BCUT2D eigenvalue weighted by Gasteiger charge is 2.55. The first-order valence-electron chi connectivity index (χ1n) is 8.58. The molecule has 146 valence electrons. The molecule has 0 saturated carbocycles. The van der Waals surface area contributed by atoms with Gasteiger partial charge in [0, 0.05) is 32.1 Å². The summed E-state index contributed by atoms with van der Waals surface area (Å²) in [4.78, 5) is 39.4. The Morgan fingerprint density at radius 1 is 1.22 bits per heavy atom. The highest BCUT2D eigenvalue weighted by atomic mass is 19.3. The van der Waals surface area contributed by atoms with Gasteiger partial charge in [-0.15, -0.1) is 0 Å². The third kappa shape index (κ3) is 3.45. The number of carboxylic acid groups (broad SMARTS) is 1. The van der Waals surface area contributed by atoms with Crippen LogP contribution in [0.3, 0.4) is 0 Å². The normalized spacial score (nSPS) is 21.8. The first-order valence-corrected chi connectivity index (χ1v) is 8.58. The first kappa shape index (κ1) is 19.1. The third-order valence-corrected chi connectivity index (χ3v) is 5.61. The fourth-order valence-corrected chi connectivity index (χ4v) is 4.04. The standard InChI is InChI=1S/C18H20F2N2O5/c1-21-14(23)10-13(16(25)26)18(21)6-8-22(9-7-18)15(24)11-2-4-12(5-3-11)27-17(19)20/h2-5,13,17H,6-10H2,1H3,(H,25,26). The summed E-state index contributed by atoms with van der Waals surface area (Å²) >= 11 is 0. The number of benzene rings is 1. The molecule has 0 radical (unpaired) electrons. The van der Waals surface area contributed by atoms with Crippen molar-refractivity contribution in [2.75, 3.05) is 20.1 Å². The van der Waals surface area contributed by atoms with Crippen LogP contribution in [0.25, 0.3) is 0 Å². The van der Waals surface area contributed by atoms with E-state index in [2.05, 4.69) is 4.74 Å². The van der Waals surface area contributed by atoms with Gasteiger partial charge in [0.15, 0.2) is 0 Å². The summed E-state index contributed by atoms with van der Waals surface area (Å²) in [5.41, 5.74) is -0.438. The van der Waals surface area contributed by atoms with Crippen molar-refractivity contribution in [2.24, 2.45) is 5.92 Å². The maximum Gasteiger partial charge on any atom is 0.387 e. The van der Waals surface area contributed by atoms with Crippen molar-refractivity contribution < 1.29 is 33.0 Å². The van der Waals surface area contributed by atoms with Crippen LogP contribution in [0.4, 0.5) is 8.78 Å². The minimum Gasteiger partial charge on any atom is -0.481 e. The molecular weight excluding hydrogens is 362 g/mol. The van der Waals surface area contributed by atoms with Crippen molar-refractivity contribution in [2.45, 2.75) is 31.4 Å². The number of amides is 2. The molecule has 2 heterocycles. The van der Waals surface area contributed by atoms with Crippen molar-refractivity contribution in [1.82, 2.24) is 9.80 Å². The third-order valence-electron chi connectivity index (χ3n) is 5.61. The minimum atomic E-state index is -2.93. The molecule has 1 aromatic rings. The Morgan fingerprint density at radius 3 is 2.33 bits per heavy atom. The molecule has 2 aliphatic heterocycles. The highest BCUT2D eigenvalue weighted by molar-refractivity contribution is 5.94. The zero-order valence-corrected chi connectivity index (χ0v) is 14.7. The molecule has 27 heavy (non-hydrogen) atoms. The predicted molar refractivity (Wildman–Crippen MR) is 89.5 cm³/mol. The van der Waals surface area contributed by atoms with Crippen LogP contribution in [0, 0.1) is 5.92 Å². The average molecular weight is 382 g/mol. The molecule has 0 bridgehead atoms. The van der Waals surface area contributed by atoms with E-state index in [-0.39, 0.29) is 24.0 Å². The monoisotopic (exact) mass is 382 g/mol. The molecule has 1 spiro atoms. The average Bonchev–Trinajstić information content (AvgIpc) is 2.87. The summed E-state index contributed by atoms with van der Waals surface area (Å²) in [5.74, 6) is -2.28. The molecule has 2 fully saturated rings. The van der Waals surface area contributed by atoms with Gasteiger partial charge in [0.1, 0.15) is 5.75 Å². The Kier molecular flexibility index (Phi) is 5.03. The summed E-state index contributed by atoms with van der Waals surface area (Å²) < 4.78 is 28.7. The molecule has 1 unspecified atom stereocenters. The molecule has 0 aromatic heterocycles. The summed E-state index contributed by atoms with van der Waals surface area (Å²) in [6, 6.07) is 5.43. The van der Waals surface area contributed by atoms with E-state index in [0.29, 0.717) is 31.5 Å². The van der Waals surface area contributed by atoms with Gasteiger partial charge in [-0.3, -0.25) is 14.4 Å². The van der Waals surface area contributed by atoms with E-state index in [1.54, 1.807) is 11.9 Å². The number of nitrogens with zero attached hydrogens (tertiary/aromatic N) is 2. The zero-order chi connectivity index (χ0) is 19.8. The predicted octanol–water partition coefficient (Wildman–Crippen LogP) is 1.83. The van der Waals surface area contributed by atoms with E-state index in [1.165, 1.54) is 29.2 Å². The Hall–Kier alpha value is -2.71. The number of aliphatic carboxylic acids is 1. The molecule has 0 aliphatic carbocycles. The van der Waals surface area contributed by atoms with Gasteiger partial charge in [-0.1, -0.05) is 0 Å². The van der Waals surface area contributed by atoms with Gasteiger partial charge >= 0.3 is 12.6 Å². The van der Waals surface area contributed by atoms with Gasteiger partial charge in [0.2, 0.25) is 5.91 Å². The maximum absolute atomic E-state index is 12.6. The number of ether oxygens (including phenoxy) is 1. The Labute approximate surface area is 154 Å². The number of carbonyl (C=O) groups is 3. The largest absolute Gasteiger partial charge is 0.481 e. The number of carboxylic acids is 1. The van der Waals surface area contributed by atoms with E-state index in [1.807, 2.05) is 0 Å². The van der Waals surface area contributed by atoms with Crippen LogP contribution in [0.5, 0.6) is 5.75 Å². The fourth-order valence-electron chi connectivity index (χ4n) is 4.04. The maximum atomic E-state index is 12.6. The van der Waals surface area contributed by atoms with Crippen LogP contribution < -0.4 is 4.74 Å². The van der Waals surface area contributed by atoms with Crippen molar-refractivity contribution in [1.29, 1.82) is 0 Å². The number of alkyl halides is 2. The van der Waals surface area contributed by atoms with Crippen molar-refractivity contribution >= 4 is 17.8 Å². The van der Waals surface area contributed by atoms with Gasteiger partial charge < -0.3 is 19.6 Å². The molecule has 1 atom stereocenters. The van der Waals surface area contributed by atoms with Crippen molar-refractivity contribution in [3.8, 4) is 5.75 Å². The lowest BCUT2D eigenvalue weighted by Crippen LogP contribution is -2.56. The summed E-state index contributed by atoms with van der Waals surface area (Å²) in [6.07, 6.45) is 0.737. The number of carbonyl (C=O) groups excluding carboxylic acids is 2. The number of rotatable bonds is 4. The highest BCUT2D eigenvalue weighted by Crippen LogP contribution is 2.43. The van der Waals surface area contributed by atoms with Crippen LogP contribution in [-0.4, -0.2) is 65.0 Å². The van der Waals surface area contributed by atoms with Crippen LogP contribution in [-0.2, 0) is 9.59 Å². The van der Waals surface area contributed by atoms with E-state index in [4.69, 9.17) is 0 Å². The lowest BCUT2D eigenvalue weighted by Gasteiger charge is -2.45. The van der Waals surface area contributed by atoms with Crippen LogP contribution in [0.1, 0.15) is 29.6 Å². The molecule has 9 heteroatoms. The number of hydrogen-bond donors (Lipinski definition) is 1. The Bertz CT molecular complexity index is 745. The lowest BCUT2D eigenvalue weighted by atomic mass is 9.77. The second-order valence-corrected chi connectivity index (χ2v) is 6.85. The quantitative estimate of drug-likeness (QED) is 0.859. The second kappa shape index (κ2) is 7.13. The van der Waals surface area contributed by atoms with Crippen molar-refractivity contribution in [3.05, 3.63) is 29.8 Å². The van der Waals surface area contributed by atoms with Crippen LogP contribution in [0.15, 0.2) is 24.3 Å². The van der Waals surface area contributed by atoms with E-state index >= 15 is 0 Å². The number of piperidine rings is 1. The van der Waals surface area contributed by atoms with Gasteiger partial charge in [-0.25, -0.2) is 0 Å². The lowest BCUT2D eigenvalue weighted by molar-refractivity contribution is -0.145. The SMILES string of the molecule is CN1C(=O)CC(C(=O)O)C12CCN(C(=O)c1ccc(OC(F)F)cc1)CC2. The Morgan fingerprint density at radius 2 is 1.81 bits per heavy atom. The summed E-state index contributed by atoms with van der Waals surface area (Å²) in [5, 5.41) is 9.48. The molecule has 2 amide bonds. The molecule has 2 aliphatic rings. The number of likely N-dealkylation sites (tertiary alicyclic amines) is 2. The van der Waals surface area contributed by atoms with Gasteiger partial charge in [-0.05, 0) is 37.1 Å². The molecular formula is C18H20F2N2O5. The van der Waals surface area contributed by atoms with E-state index < -0.39 is 24.0 Å². The number of hydrogen-bond acceptors (Lipinski definition) is 4. The Balaban J connectivity index is 1.69. The van der Waals surface area contributed by atoms with Gasteiger partial charge in [-0.2, -0.15) is 8.78 Å². The molecule has 2 saturated heterocycles. The van der Waals surface area contributed by atoms with Crippen LogP contribution in [0.2, 0.25) is 0 Å². The fraction of sp³-hybridized carbons (Fsp3) is 0.500. The van der Waals surface area contributed by atoms with E-state index in [9.17, 15) is 28.3 Å². The van der Waals surface area contributed by atoms with E-state index in [0.717, 1.165) is 0 Å². The second-order valence-electron chi connectivity index (χ2n) is 6.85. The van der Waals surface area contributed by atoms with Gasteiger partial charge in [0.05, 0.1) is 11.5 Å². The van der Waals surface area contributed by atoms with Gasteiger partial charge in [0.25, 0.3) is 5.91 Å². The number of halogens is 2. The first-order chi connectivity index (χ1) is 12.7. The molecule has 1 aromatic carbocycles. The minimum absolute atomic E-state index is 0.0224. The molecule has 7 nitrogen and oxygen atoms in total. The van der Waals surface area contributed by atoms with Crippen molar-refractivity contribution in [3.63, 3.8) is 0 Å². The summed E-state index contributed by atoms with van der Waals surface area (Å²) in [6.45, 7) is -2.30. The summed E-state index contributed by atoms with van der Waals surface area (Å²) in [7, 11) is 1.62. The smallest absolute Gasteiger partial charge is 0.387 e. The van der Waals surface area contributed by atoms with Crippen LogP contribution >= 0.6 is 0 Å².